The van der Waals surface area contributed by atoms with Gasteiger partial charge in [-0.3, -0.25) is 4.79 Å². The van der Waals surface area contributed by atoms with Crippen molar-refractivity contribution in [1.29, 1.82) is 0 Å². The topological polar surface area (TPSA) is 75.7 Å². The monoisotopic (exact) mass is 402 g/mol. The second kappa shape index (κ2) is 8.75. The molecule has 0 aliphatic heterocycles. The van der Waals surface area contributed by atoms with Gasteiger partial charge in [-0.05, 0) is 55.5 Å². The van der Waals surface area contributed by atoms with E-state index in [4.69, 9.17) is 4.74 Å². The fraction of sp³-hybridized carbons (Fsp3) is 0.381. The maximum absolute atomic E-state index is 12.9. The van der Waals surface area contributed by atoms with Crippen LogP contribution >= 0.6 is 0 Å². The Labute approximate surface area is 166 Å². The molecule has 1 N–H and O–H groups in total. The molecular formula is C21H26N2O4S. The van der Waals surface area contributed by atoms with Crippen molar-refractivity contribution in [3.63, 3.8) is 0 Å². The predicted molar refractivity (Wildman–Crippen MR) is 110 cm³/mol. The molecule has 2 aromatic carbocycles. The minimum absolute atomic E-state index is 0.270. The number of nitrogens with zero attached hydrogens (tertiary/aromatic N) is 1. The summed E-state index contributed by atoms with van der Waals surface area (Å²) in [7, 11) is -2.15. The Morgan fingerprint density at radius 3 is 2.25 bits per heavy atom. The van der Waals surface area contributed by atoms with Crippen molar-refractivity contribution in [3.8, 4) is 5.75 Å². The molecule has 1 fully saturated rings. The van der Waals surface area contributed by atoms with E-state index in [1.165, 1.54) is 19.9 Å². The number of anilines is 1. The van der Waals surface area contributed by atoms with Gasteiger partial charge < -0.3 is 10.1 Å². The molecule has 1 aliphatic carbocycles. The molecule has 0 bridgehead atoms. The maximum atomic E-state index is 12.9. The van der Waals surface area contributed by atoms with Crippen molar-refractivity contribution >= 4 is 21.6 Å². The lowest BCUT2D eigenvalue weighted by molar-refractivity contribution is -0.119. The number of amides is 1. The van der Waals surface area contributed by atoms with E-state index in [1.54, 1.807) is 36.4 Å². The summed E-state index contributed by atoms with van der Waals surface area (Å²) in [5.74, 6) is 0.362. The van der Waals surface area contributed by atoms with Crippen molar-refractivity contribution in [2.75, 3.05) is 18.6 Å². The molecule has 0 aromatic heterocycles. The Balaban J connectivity index is 1.74. The quantitative estimate of drug-likeness (QED) is 0.768. The lowest BCUT2D eigenvalue weighted by Crippen LogP contribution is -2.38. The maximum Gasteiger partial charge on any atom is 0.247 e. The average Bonchev–Trinajstić information content (AvgIpc) is 3.17. The molecule has 0 saturated heterocycles. The Kier molecular flexibility index (Phi) is 6.36. The summed E-state index contributed by atoms with van der Waals surface area (Å²) in [6.45, 7) is 0. The SMILES string of the molecule is CN(C(C(=O)Nc1ccc(OC2CCCC2)cc1)c1ccccc1)S(C)(=O)=O. The number of hydrogen-bond acceptors (Lipinski definition) is 4. The lowest BCUT2D eigenvalue weighted by Gasteiger charge is -2.25. The van der Waals surface area contributed by atoms with Crippen LogP contribution in [-0.2, 0) is 14.8 Å². The zero-order valence-electron chi connectivity index (χ0n) is 16.2. The van der Waals surface area contributed by atoms with Crippen molar-refractivity contribution in [2.24, 2.45) is 0 Å². The lowest BCUT2D eigenvalue weighted by atomic mass is 10.1. The molecule has 6 nitrogen and oxygen atoms in total. The predicted octanol–water partition coefficient (Wildman–Crippen LogP) is 3.58. The van der Waals surface area contributed by atoms with E-state index in [0.717, 1.165) is 29.2 Å². The largest absolute Gasteiger partial charge is 0.490 e. The molecule has 7 heteroatoms. The Hall–Kier alpha value is -2.38. The first kappa shape index (κ1) is 20.4. The van der Waals surface area contributed by atoms with E-state index in [-0.39, 0.29) is 6.10 Å². The zero-order valence-corrected chi connectivity index (χ0v) is 17.0. The number of hydrogen-bond donors (Lipinski definition) is 1. The summed E-state index contributed by atoms with van der Waals surface area (Å²) in [5.41, 5.74) is 1.20. The standard InChI is InChI=1S/C21H26N2O4S/c1-23(28(2,25)26)20(16-8-4-3-5-9-16)21(24)22-17-12-14-19(15-13-17)27-18-10-6-7-11-18/h3-5,8-9,12-15,18,20H,6-7,10-11H2,1-2H3,(H,22,24). The summed E-state index contributed by atoms with van der Waals surface area (Å²) in [6, 6.07) is 15.1. The van der Waals surface area contributed by atoms with E-state index in [2.05, 4.69) is 5.32 Å². The van der Waals surface area contributed by atoms with Crippen LogP contribution in [0.3, 0.4) is 0 Å². The summed E-state index contributed by atoms with van der Waals surface area (Å²) in [4.78, 5) is 12.9. The average molecular weight is 403 g/mol. The van der Waals surface area contributed by atoms with Gasteiger partial charge in [0.25, 0.3) is 0 Å². The van der Waals surface area contributed by atoms with E-state index in [1.807, 2.05) is 18.2 Å². The smallest absolute Gasteiger partial charge is 0.247 e. The van der Waals surface area contributed by atoms with Crippen LogP contribution in [0.15, 0.2) is 54.6 Å². The summed E-state index contributed by atoms with van der Waals surface area (Å²) >= 11 is 0. The van der Waals surface area contributed by atoms with Gasteiger partial charge >= 0.3 is 0 Å². The van der Waals surface area contributed by atoms with Crippen LogP contribution in [0.4, 0.5) is 5.69 Å². The molecule has 150 valence electrons. The van der Waals surface area contributed by atoms with Gasteiger partial charge in [0.1, 0.15) is 11.8 Å². The third kappa shape index (κ3) is 5.11. The number of sulfonamides is 1. The highest BCUT2D eigenvalue weighted by atomic mass is 32.2. The minimum Gasteiger partial charge on any atom is -0.490 e. The number of carbonyl (C=O) groups is 1. The van der Waals surface area contributed by atoms with Crippen molar-refractivity contribution < 1.29 is 17.9 Å². The Bertz CT molecular complexity index is 892. The van der Waals surface area contributed by atoms with Gasteiger partial charge in [-0.15, -0.1) is 0 Å². The zero-order chi connectivity index (χ0) is 20.1. The normalized spacial score (nSPS) is 16.1. The van der Waals surface area contributed by atoms with E-state index < -0.39 is 22.0 Å². The van der Waals surface area contributed by atoms with Gasteiger partial charge in [-0.25, -0.2) is 8.42 Å². The molecule has 0 heterocycles. The highest BCUT2D eigenvalue weighted by Crippen LogP contribution is 2.27. The summed E-state index contributed by atoms with van der Waals surface area (Å²) in [5, 5.41) is 2.81. The fourth-order valence-corrected chi connectivity index (χ4v) is 3.98. The van der Waals surface area contributed by atoms with E-state index in [9.17, 15) is 13.2 Å². The molecule has 0 spiro atoms. The molecule has 28 heavy (non-hydrogen) atoms. The first-order valence-corrected chi connectivity index (χ1v) is 11.2. The van der Waals surface area contributed by atoms with Crippen molar-refractivity contribution in [2.45, 2.75) is 37.8 Å². The van der Waals surface area contributed by atoms with Gasteiger partial charge in [0.15, 0.2) is 0 Å². The molecular weight excluding hydrogens is 376 g/mol. The molecule has 1 amide bonds. The highest BCUT2D eigenvalue weighted by Gasteiger charge is 2.30. The van der Waals surface area contributed by atoms with Crippen LogP contribution in [0.2, 0.25) is 0 Å². The number of carbonyl (C=O) groups excluding carboxylic acids is 1. The number of likely N-dealkylation sites (N-methyl/N-ethyl adjacent to an activating group) is 1. The Morgan fingerprint density at radius 1 is 1.07 bits per heavy atom. The van der Waals surface area contributed by atoms with Crippen LogP contribution in [0.5, 0.6) is 5.75 Å². The fourth-order valence-electron chi connectivity index (χ4n) is 3.38. The molecule has 1 atom stereocenters. The van der Waals surface area contributed by atoms with Gasteiger partial charge in [-0.2, -0.15) is 4.31 Å². The summed E-state index contributed by atoms with van der Waals surface area (Å²) < 4.78 is 31.1. The van der Waals surface area contributed by atoms with Gasteiger partial charge in [0.05, 0.1) is 12.4 Å². The van der Waals surface area contributed by atoms with Gasteiger partial charge in [0.2, 0.25) is 15.9 Å². The molecule has 1 saturated carbocycles. The van der Waals surface area contributed by atoms with Crippen molar-refractivity contribution in [3.05, 3.63) is 60.2 Å². The van der Waals surface area contributed by atoms with E-state index in [0.29, 0.717) is 11.3 Å². The number of ether oxygens (including phenoxy) is 1. The van der Waals surface area contributed by atoms with Gasteiger partial charge in [-0.1, -0.05) is 30.3 Å². The van der Waals surface area contributed by atoms with Crippen LogP contribution < -0.4 is 10.1 Å². The second-order valence-corrected chi connectivity index (χ2v) is 9.17. The Morgan fingerprint density at radius 2 is 1.68 bits per heavy atom. The third-order valence-electron chi connectivity index (χ3n) is 4.98. The minimum atomic E-state index is -3.56. The molecule has 1 aliphatic rings. The number of nitrogens with one attached hydrogen (secondary N) is 1. The second-order valence-electron chi connectivity index (χ2n) is 7.13. The van der Waals surface area contributed by atoms with Crippen LogP contribution in [-0.4, -0.2) is 38.0 Å². The van der Waals surface area contributed by atoms with Crippen molar-refractivity contribution in [1.82, 2.24) is 4.31 Å². The third-order valence-corrected chi connectivity index (χ3v) is 6.23. The molecule has 0 radical (unpaired) electrons. The van der Waals surface area contributed by atoms with Crippen LogP contribution in [0.1, 0.15) is 37.3 Å². The van der Waals surface area contributed by atoms with Crippen LogP contribution in [0.25, 0.3) is 0 Å². The van der Waals surface area contributed by atoms with Crippen LogP contribution in [0, 0.1) is 0 Å². The molecule has 1 unspecified atom stereocenters. The summed E-state index contributed by atoms with van der Waals surface area (Å²) in [6.07, 6.45) is 5.92. The first-order valence-electron chi connectivity index (χ1n) is 9.40. The number of benzene rings is 2. The first-order chi connectivity index (χ1) is 13.3. The number of rotatable bonds is 7. The molecule has 3 rings (SSSR count). The van der Waals surface area contributed by atoms with E-state index >= 15 is 0 Å². The molecule has 2 aromatic rings. The van der Waals surface area contributed by atoms with Gasteiger partial charge in [0, 0.05) is 12.7 Å². The highest BCUT2D eigenvalue weighted by molar-refractivity contribution is 7.88.